The molecule has 1 nitrogen and oxygen atoms in total. The molecule has 0 heterocycles. The molecule has 68 valence electrons. The molecule has 0 saturated heterocycles. The van der Waals surface area contributed by atoms with Gasteiger partial charge in [-0.15, -0.1) is 0 Å². The second kappa shape index (κ2) is 2.34. The van der Waals surface area contributed by atoms with Gasteiger partial charge in [-0.25, -0.2) is 0 Å². The van der Waals surface area contributed by atoms with Crippen LogP contribution in [0.2, 0.25) is 0 Å². The summed E-state index contributed by atoms with van der Waals surface area (Å²) >= 11 is 0. The van der Waals surface area contributed by atoms with Crippen LogP contribution in [0.3, 0.4) is 0 Å². The summed E-state index contributed by atoms with van der Waals surface area (Å²) in [6.45, 7) is 6.63. The molecule has 0 aromatic carbocycles. The Balaban J connectivity index is 2.07. The first kappa shape index (κ1) is 8.28. The molecular weight excluding hydrogens is 148 g/mol. The zero-order chi connectivity index (χ0) is 8.93. The number of carbonyl (C=O) groups is 1. The summed E-state index contributed by atoms with van der Waals surface area (Å²) in [4.78, 5) is 11.7. The minimum Gasteiger partial charge on any atom is -0.299 e. The van der Waals surface area contributed by atoms with E-state index < -0.39 is 0 Å². The van der Waals surface area contributed by atoms with Crippen molar-refractivity contribution in [1.29, 1.82) is 0 Å². The van der Waals surface area contributed by atoms with Crippen LogP contribution in [0.5, 0.6) is 0 Å². The first-order valence-electron chi connectivity index (χ1n) is 5.07. The molecule has 0 bridgehead atoms. The van der Waals surface area contributed by atoms with Gasteiger partial charge in [-0.2, -0.15) is 0 Å². The predicted octanol–water partition coefficient (Wildman–Crippen LogP) is 2.65. The van der Waals surface area contributed by atoms with E-state index in [2.05, 4.69) is 20.8 Å². The molecule has 0 radical (unpaired) electrons. The quantitative estimate of drug-likeness (QED) is 0.585. The highest BCUT2D eigenvalue weighted by Gasteiger charge is 2.58. The van der Waals surface area contributed by atoms with E-state index in [1.807, 2.05) is 0 Å². The second-order valence-electron chi connectivity index (χ2n) is 5.19. The van der Waals surface area contributed by atoms with Crippen LogP contribution in [0.1, 0.15) is 40.0 Å². The van der Waals surface area contributed by atoms with Crippen LogP contribution in [0.15, 0.2) is 0 Å². The summed E-state index contributed by atoms with van der Waals surface area (Å²) in [5, 5.41) is 0. The fourth-order valence-electron chi connectivity index (χ4n) is 2.57. The molecule has 0 unspecified atom stereocenters. The van der Waals surface area contributed by atoms with Crippen LogP contribution in [-0.2, 0) is 4.79 Å². The van der Waals surface area contributed by atoms with Crippen molar-refractivity contribution in [3.05, 3.63) is 0 Å². The van der Waals surface area contributed by atoms with Gasteiger partial charge < -0.3 is 0 Å². The van der Waals surface area contributed by atoms with E-state index in [4.69, 9.17) is 0 Å². The number of hydrogen-bond acceptors (Lipinski definition) is 1. The van der Waals surface area contributed by atoms with Gasteiger partial charge in [0.2, 0.25) is 0 Å². The minimum atomic E-state index is 0.130. The lowest BCUT2D eigenvalue weighted by molar-refractivity contribution is -0.127. The zero-order valence-corrected chi connectivity index (χ0v) is 8.26. The van der Waals surface area contributed by atoms with Gasteiger partial charge in [-0.05, 0) is 30.6 Å². The van der Waals surface area contributed by atoms with Gasteiger partial charge in [-0.1, -0.05) is 20.8 Å². The molecule has 1 heteroatoms. The summed E-state index contributed by atoms with van der Waals surface area (Å²) in [5.74, 6) is 2.65. The van der Waals surface area contributed by atoms with Crippen LogP contribution < -0.4 is 0 Å². The number of rotatable bonds is 1. The monoisotopic (exact) mass is 166 g/mol. The highest BCUT2D eigenvalue weighted by Crippen LogP contribution is 2.60. The van der Waals surface area contributed by atoms with Gasteiger partial charge >= 0.3 is 0 Å². The van der Waals surface area contributed by atoms with Crippen molar-refractivity contribution >= 4 is 5.78 Å². The zero-order valence-electron chi connectivity index (χ0n) is 8.26. The predicted molar refractivity (Wildman–Crippen MR) is 48.8 cm³/mol. The van der Waals surface area contributed by atoms with E-state index in [0.29, 0.717) is 17.6 Å². The van der Waals surface area contributed by atoms with Crippen LogP contribution >= 0.6 is 0 Å². The lowest BCUT2D eigenvalue weighted by Crippen LogP contribution is -2.27. The van der Waals surface area contributed by atoms with Crippen LogP contribution in [0.4, 0.5) is 0 Å². The topological polar surface area (TPSA) is 17.1 Å². The van der Waals surface area contributed by atoms with Gasteiger partial charge in [0, 0.05) is 11.8 Å². The first-order chi connectivity index (χ1) is 5.54. The molecule has 2 rings (SSSR count). The third-order valence-electron chi connectivity index (χ3n) is 4.03. The lowest BCUT2D eigenvalue weighted by atomic mass is 9.77. The molecule has 2 saturated carbocycles. The normalized spacial score (nSPS) is 46.2. The molecule has 2 aliphatic rings. The van der Waals surface area contributed by atoms with Crippen molar-refractivity contribution in [2.45, 2.75) is 40.0 Å². The molecule has 2 fully saturated rings. The first-order valence-corrected chi connectivity index (χ1v) is 5.07. The van der Waals surface area contributed by atoms with Crippen LogP contribution in [0, 0.1) is 23.2 Å². The Hall–Kier alpha value is -0.330. The molecule has 0 spiro atoms. The Labute approximate surface area is 74.5 Å². The van der Waals surface area contributed by atoms with Gasteiger partial charge in [0.25, 0.3) is 0 Å². The Morgan fingerprint density at radius 3 is 2.67 bits per heavy atom. The van der Waals surface area contributed by atoms with Crippen molar-refractivity contribution < 1.29 is 4.79 Å². The van der Waals surface area contributed by atoms with E-state index >= 15 is 0 Å². The van der Waals surface area contributed by atoms with E-state index in [1.54, 1.807) is 0 Å². The minimum absolute atomic E-state index is 0.130. The van der Waals surface area contributed by atoms with Gasteiger partial charge in [0.05, 0.1) is 0 Å². The van der Waals surface area contributed by atoms with Crippen molar-refractivity contribution in [3.63, 3.8) is 0 Å². The number of fused-ring (bicyclic) bond motifs is 1. The molecule has 0 aromatic rings. The van der Waals surface area contributed by atoms with Crippen LogP contribution in [0.25, 0.3) is 0 Å². The summed E-state index contributed by atoms with van der Waals surface area (Å²) in [6.07, 6.45) is 3.33. The van der Waals surface area contributed by atoms with Gasteiger partial charge in [-0.3, -0.25) is 4.79 Å². The molecule has 0 aromatic heterocycles. The largest absolute Gasteiger partial charge is 0.299 e. The summed E-state index contributed by atoms with van der Waals surface area (Å²) < 4.78 is 0. The third kappa shape index (κ3) is 1.02. The number of carbonyl (C=O) groups excluding carboxylic acids is 1. The molecular formula is C11H18O. The standard InChI is InChI=1S/C11H18O/c1-7(2)8-4-9-6-11(9,3)10(12)5-8/h7-9H,4-6H2,1-3H3/t8-,9+,11-/m1/s1. The van der Waals surface area contributed by atoms with Crippen molar-refractivity contribution in [2.24, 2.45) is 23.2 Å². The maximum atomic E-state index is 11.7. The third-order valence-corrected chi connectivity index (χ3v) is 4.03. The van der Waals surface area contributed by atoms with Crippen molar-refractivity contribution in [2.75, 3.05) is 0 Å². The Kier molecular flexibility index (Phi) is 1.61. The lowest BCUT2D eigenvalue weighted by Gasteiger charge is -2.27. The smallest absolute Gasteiger partial charge is 0.139 e. The van der Waals surface area contributed by atoms with Gasteiger partial charge in [0.1, 0.15) is 5.78 Å². The Morgan fingerprint density at radius 2 is 2.17 bits per heavy atom. The average molecular weight is 166 g/mol. The highest BCUT2D eigenvalue weighted by atomic mass is 16.1. The molecule has 3 atom stereocenters. The van der Waals surface area contributed by atoms with Gasteiger partial charge in [0.15, 0.2) is 0 Å². The maximum Gasteiger partial charge on any atom is 0.139 e. The fourth-order valence-corrected chi connectivity index (χ4v) is 2.57. The highest BCUT2D eigenvalue weighted by molar-refractivity contribution is 5.88. The molecule has 2 aliphatic carbocycles. The van der Waals surface area contributed by atoms with E-state index in [0.717, 1.165) is 12.3 Å². The number of hydrogen-bond donors (Lipinski definition) is 0. The fraction of sp³-hybridized carbons (Fsp3) is 0.909. The van der Waals surface area contributed by atoms with E-state index in [-0.39, 0.29) is 5.41 Å². The van der Waals surface area contributed by atoms with E-state index in [1.165, 1.54) is 12.8 Å². The van der Waals surface area contributed by atoms with Crippen molar-refractivity contribution in [1.82, 2.24) is 0 Å². The summed E-state index contributed by atoms with van der Waals surface area (Å²) in [7, 11) is 0. The molecule has 12 heavy (non-hydrogen) atoms. The summed E-state index contributed by atoms with van der Waals surface area (Å²) in [6, 6.07) is 0. The SMILES string of the molecule is CC(C)[C@H]1CC(=O)[C@]2(C)C[C@@H]2C1. The molecule has 0 amide bonds. The van der Waals surface area contributed by atoms with Crippen molar-refractivity contribution in [3.8, 4) is 0 Å². The second-order valence-corrected chi connectivity index (χ2v) is 5.19. The van der Waals surface area contributed by atoms with E-state index in [9.17, 15) is 4.79 Å². The molecule has 0 N–H and O–H groups in total. The maximum absolute atomic E-state index is 11.7. The molecule has 0 aliphatic heterocycles. The summed E-state index contributed by atoms with van der Waals surface area (Å²) in [5.41, 5.74) is 0.130. The number of ketones is 1. The average Bonchev–Trinajstić information content (AvgIpc) is 2.62. The number of Topliss-reactive ketones (excluding diaryl/α,β-unsaturated/α-hetero) is 1. The van der Waals surface area contributed by atoms with Crippen LogP contribution in [-0.4, -0.2) is 5.78 Å². The Morgan fingerprint density at radius 1 is 1.50 bits per heavy atom. The Bertz CT molecular complexity index is 219.